The Morgan fingerprint density at radius 1 is 1.28 bits per heavy atom. The summed E-state index contributed by atoms with van der Waals surface area (Å²) in [5.41, 5.74) is 2.34. The summed E-state index contributed by atoms with van der Waals surface area (Å²) in [6, 6.07) is 5.52. The second-order valence-corrected chi connectivity index (χ2v) is 8.55. The fraction of sp³-hybridized carbons (Fsp3) is 0.522. The summed E-state index contributed by atoms with van der Waals surface area (Å²) in [5, 5.41) is 2.99. The highest BCUT2D eigenvalue weighted by Gasteiger charge is 2.26. The molecule has 0 aliphatic carbocycles. The third-order valence-corrected chi connectivity index (χ3v) is 6.48. The van der Waals surface area contributed by atoms with Gasteiger partial charge in [-0.3, -0.25) is 9.69 Å². The first-order chi connectivity index (χ1) is 15.6. The lowest BCUT2D eigenvalue weighted by atomic mass is 10.1. The van der Waals surface area contributed by atoms with E-state index in [9.17, 15) is 9.59 Å². The molecule has 1 amide bonds. The Bertz CT molecular complexity index is 1050. The number of rotatable bonds is 6. The number of nitrogens with zero attached hydrogens (tertiary/aromatic N) is 4. The Balaban J connectivity index is 1.33. The van der Waals surface area contributed by atoms with E-state index in [1.54, 1.807) is 6.07 Å². The van der Waals surface area contributed by atoms with Gasteiger partial charge in [0.2, 0.25) is 5.91 Å². The van der Waals surface area contributed by atoms with Crippen molar-refractivity contribution in [2.45, 2.75) is 38.5 Å². The Morgan fingerprint density at radius 2 is 2.09 bits per heavy atom. The van der Waals surface area contributed by atoms with Crippen molar-refractivity contribution in [1.82, 2.24) is 24.7 Å². The summed E-state index contributed by atoms with van der Waals surface area (Å²) >= 11 is 0. The smallest absolute Gasteiger partial charge is 0.337 e. The number of nitrogens with one attached hydrogen (secondary N) is 1. The van der Waals surface area contributed by atoms with Crippen LogP contribution in [-0.4, -0.2) is 77.2 Å². The normalized spacial score (nSPS) is 21.8. The minimum atomic E-state index is -0.346. The number of amides is 1. The van der Waals surface area contributed by atoms with Gasteiger partial charge in [0.1, 0.15) is 11.6 Å². The van der Waals surface area contributed by atoms with Gasteiger partial charge in [-0.25, -0.2) is 9.78 Å². The summed E-state index contributed by atoms with van der Waals surface area (Å²) < 4.78 is 12.8. The molecule has 2 aromatic rings. The molecule has 1 aromatic carbocycles. The average Bonchev–Trinajstić information content (AvgIpc) is 3.12. The topological polar surface area (TPSA) is 88.9 Å². The first kappa shape index (κ1) is 21.0. The lowest BCUT2D eigenvalue weighted by Crippen LogP contribution is -2.49. The molecule has 1 atom stereocenters. The number of aromatic nitrogens is 2. The number of ether oxygens (including phenoxy) is 2. The zero-order valence-electron chi connectivity index (χ0n) is 18.4. The van der Waals surface area contributed by atoms with Crippen LogP contribution >= 0.6 is 0 Å². The predicted molar refractivity (Wildman–Crippen MR) is 118 cm³/mol. The quantitative estimate of drug-likeness (QED) is 0.682. The first-order valence-electron chi connectivity index (χ1n) is 11.3. The van der Waals surface area contributed by atoms with E-state index in [1.807, 2.05) is 12.1 Å². The van der Waals surface area contributed by atoms with Crippen LogP contribution in [0.5, 0.6) is 0 Å². The fourth-order valence-electron chi connectivity index (χ4n) is 4.53. The second-order valence-electron chi connectivity index (χ2n) is 8.55. The van der Waals surface area contributed by atoms with Gasteiger partial charge >= 0.3 is 5.97 Å². The maximum absolute atomic E-state index is 12.0. The van der Waals surface area contributed by atoms with Gasteiger partial charge in [0.05, 0.1) is 42.9 Å². The molecule has 0 radical (unpaired) electrons. The number of esters is 1. The number of carbonyl (C=O) groups is 2. The lowest BCUT2D eigenvalue weighted by Gasteiger charge is -2.38. The van der Waals surface area contributed by atoms with Crippen molar-refractivity contribution < 1.29 is 19.1 Å². The van der Waals surface area contributed by atoms with Crippen molar-refractivity contribution in [1.29, 1.82) is 0 Å². The van der Waals surface area contributed by atoms with Gasteiger partial charge < -0.3 is 24.3 Å². The van der Waals surface area contributed by atoms with Gasteiger partial charge in [-0.05, 0) is 37.1 Å². The molecule has 3 aliphatic heterocycles. The maximum atomic E-state index is 12.0. The van der Waals surface area contributed by atoms with E-state index in [2.05, 4.69) is 25.8 Å². The van der Waals surface area contributed by atoms with Crippen molar-refractivity contribution in [2.24, 2.45) is 0 Å². The van der Waals surface area contributed by atoms with Gasteiger partial charge in [-0.1, -0.05) is 0 Å². The third-order valence-electron chi connectivity index (χ3n) is 6.48. The molecule has 1 unspecified atom stereocenters. The Kier molecular flexibility index (Phi) is 5.84. The first-order valence-corrected chi connectivity index (χ1v) is 11.3. The van der Waals surface area contributed by atoms with Crippen LogP contribution < -0.4 is 5.32 Å². The molecule has 1 aromatic heterocycles. The van der Waals surface area contributed by atoms with Crippen molar-refractivity contribution in [3.8, 4) is 0 Å². The second kappa shape index (κ2) is 8.91. The molecule has 2 saturated heterocycles. The molecule has 32 heavy (non-hydrogen) atoms. The number of piperazine rings is 1. The van der Waals surface area contributed by atoms with Crippen LogP contribution in [0.15, 0.2) is 30.1 Å². The lowest BCUT2D eigenvalue weighted by molar-refractivity contribution is -0.121. The van der Waals surface area contributed by atoms with Crippen LogP contribution in [0.3, 0.4) is 0 Å². The number of fused-ring (bicyclic) bond motifs is 1. The van der Waals surface area contributed by atoms with Gasteiger partial charge in [-0.15, -0.1) is 0 Å². The van der Waals surface area contributed by atoms with Gasteiger partial charge in [0.25, 0.3) is 0 Å². The molecule has 0 bridgehead atoms. The maximum Gasteiger partial charge on any atom is 0.337 e. The molecule has 5 rings (SSSR count). The number of allylic oxidation sites excluding steroid dienone is 1. The molecule has 0 spiro atoms. The highest BCUT2D eigenvalue weighted by Crippen LogP contribution is 2.24. The molecule has 9 nitrogen and oxygen atoms in total. The molecular weight excluding hydrogens is 410 g/mol. The Labute approximate surface area is 187 Å². The highest BCUT2D eigenvalue weighted by atomic mass is 16.5. The minimum absolute atomic E-state index is 0.100. The fourth-order valence-corrected chi connectivity index (χ4v) is 4.53. The SMILES string of the molecule is COC(=O)c1ccc2nc(CN3CCN(C4=CCCC(=O)N4)CC3)n(CC3CCO3)c2c1. The Morgan fingerprint density at radius 3 is 2.78 bits per heavy atom. The minimum Gasteiger partial charge on any atom is -0.465 e. The third kappa shape index (κ3) is 4.22. The molecule has 170 valence electrons. The predicted octanol–water partition coefficient (Wildman–Crippen LogP) is 1.48. The van der Waals surface area contributed by atoms with E-state index in [-0.39, 0.29) is 18.0 Å². The summed E-state index contributed by atoms with van der Waals surface area (Å²) in [5.74, 6) is 1.69. The average molecular weight is 440 g/mol. The van der Waals surface area contributed by atoms with E-state index < -0.39 is 0 Å². The molecule has 0 saturated carbocycles. The molecule has 3 aliphatic rings. The van der Waals surface area contributed by atoms with Crippen LogP contribution in [-0.2, 0) is 27.4 Å². The largest absolute Gasteiger partial charge is 0.465 e. The van der Waals surface area contributed by atoms with E-state index in [0.717, 1.165) is 81.4 Å². The van der Waals surface area contributed by atoms with E-state index >= 15 is 0 Å². The molecule has 2 fully saturated rings. The number of hydrogen-bond donors (Lipinski definition) is 1. The van der Waals surface area contributed by atoms with Gasteiger partial charge in [0.15, 0.2) is 0 Å². The van der Waals surface area contributed by atoms with Crippen molar-refractivity contribution in [2.75, 3.05) is 39.9 Å². The monoisotopic (exact) mass is 439 g/mol. The highest BCUT2D eigenvalue weighted by molar-refractivity contribution is 5.93. The molecule has 9 heteroatoms. The molecular formula is C23H29N5O4. The Hall–Kier alpha value is -2.91. The summed E-state index contributed by atoms with van der Waals surface area (Å²) in [6.45, 7) is 5.78. The van der Waals surface area contributed by atoms with E-state index in [4.69, 9.17) is 14.5 Å². The number of hydrogen-bond acceptors (Lipinski definition) is 7. The van der Waals surface area contributed by atoms with Gasteiger partial charge in [0, 0.05) is 39.2 Å². The van der Waals surface area contributed by atoms with Crippen molar-refractivity contribution in [3.05, 3.63) is 41.5 Å². The zero-order chi connectivity index (χ0) is 22.1. The van der Waals surface area contributed by atoms with Crippen molar-refractivity contribution >= 4 is 22.9 Å². The van der Waals surface area contributed by atoms with Gasteiger partial charge in [-0.2, -0.15) is 0 Å². The summed E-state index contributed by atoms with van der Waals surface area (Å²) in [4.78, 5) is 33.3. The zero-order valence-corrected chi connectivity index (χ0v) is 18.4. The van der Waals surface area contributed by atoms with Crippen LogP contribution in [0.4, 0.5) is 0 Å². The standard InChI is InChI=1S/C23H29N5O4/c1-31-23(30)16-5-6-18-19(13-16)28(14-17-7-12-32-17)21(24-18)15-26-8-10-27(11-9-26)20-3-2-4-22(29)25-20/h3,5-6,13,17H,2,4,7-12,14-15H2,1H3,(H,25,29). The van der Waals surface area contributed by atoms with E-state index in [1.165, 1.54) is 7.11 Å². The summed E-state index contributed by atoms with van der Waals surface area (Å²) in [7, 11) is 1.39. The van der Waals surface area contributed by atoms with E-state index in [0.29, 0.717) is 12.0 Å². The van der Waals surface area contributed by atoms with Crippen molar-refractivity contribution in [3.63, 3.8) is 0 Å². The van der Waals surface area contributed by atoms with Crippen LogP contribution in [0.1, 0.15) is 35.4 Å². The van der Waals surface area contributed by atoms with Crippen LogP contribution in [0.2, 0.25) is 0 Å². The summed E-state index contributed by atoms with van der Waals surface area (Å²) in [6.07, 6.45) is 4.72. The van der Waals surface area contributed by atoms with Crippen LogP contribution in [0, 0.1) is 0 Å². The number of imidazole rings is 1. The number of benzene rings is 1. The number of carbonyl (C=O) groups excluding carboxylic acids is 2. The molecule has 1 N–H and O–H groups in total. The number of methoxy groups -OCH3 is 1. The molecule has 4 heterocycles. The van der Waals surface area contributed by atoms with Crippen LogP contribution in [0.25, 0.3) is 11.0 Å².